The molecular weight excluding hydrogens is 463 g/mol. The van der Waals surface area contributed by atoms with E-state index in [0.29, 0.717) is 24.0 Å². The van der Waals surface area contributed by atoms with Crippen LogP contribution in [0.1, 0.15) is 28.4 Å². The predicted molar refractivity (Wildman–Crippen MR) is 118 cm³/mol. The van der Waals surface area contributed by atoms with Crippen molar-refractivity contribution in [2.75, 3.05) is 26.1 Å². The van der Waals surface area contributed by atoms with Crippen LogP contribution in [0.3, 0.4) is 0 Å². The van der Waals surface area contributed by atoms with Crippen LogP contribution < -0.4 is 20.5 Å². The van der Waals surface area contributed by atoms with Crippen LogP contribution in [0.15, 0.2) is 23.2 Å². The van der Waals surface area contributed by atoms with Crippen molar-refractivity contribution < 1.29 is 9.47 Å². The average molecular weight is 488 g/mol. The molecule has 0 unspecified atom stereocenters. The van der Waals surface area contributed by atoms with Crippen molar-refractivity contribution in [1.29, 1.82) is 0 Å². The molecule has 1 aliphatic carbocycles. The predicted octanol–water partition coefficient (Wildman–Crippen LogP) is 3.63. The Hall–Kier alpha value is -1.55. The summed E-state index contributed by atoms with van der Waals surface area (Å²) in [5, 5.41) is 4.24. The standard InChI is InChI=1S/C18H24N4O2S.HI/c1-23-14-8-7-12(11-15(14)24-2)21-18(19)20-10-9-17-22-13-5-3-4-6-16(13)25-17;/h7-8,11H,3-6,9-10H2,1-2H3,(H3,19,20,21);1H. The highest BCUT2D eigenvalue weighted by Crippen LogP contribution is 2.29. The maximum Gasteiger partial charge on any atom is 0.193 e. The number of hydrogen-bond acceptors (Lipinski definition) is 5. The molecule has 8 heteroatoms. The van der Waals surface area contributed by atoms with Crippen LogP contribution in [0.2, 0.25) is 0 Å². The topological polar surface area (TPSA) is 81.8 Å². The Morgan fingerprint density at radius 1 is 1.23 bits per heavy atom. The quantitative estimate of drug-likeness (QED) is 0.369. The minimum Gasteiger partial charge on any atom is -0.493 e. The first-order chi connectivity index (χ1) is 12.2. The van der Waals surface area contributed by atoms with Crippen molar-refractivity contribution in [3.8, 4) is 11.5 Å². The fraction of sp³-hybridized carbons (Fsp3) is 0.444. The summed E-state index contributed by atoms with van der Waals surface area (Å²) in [6.07, 6.45) is 5.68. The number of fused-ring (bicyclic) bond motifs is 1. The monoisotopic (exact) mass is 488 g/mol. The Morgan fingerprint density at radius 2 is 2.00 bits per heavy atom. The van der Waals surface area contributed by atoms with Gasteiger partial charge in [-0.25, -0.2) is 4.98 Å². The van der Waals surface area contributed by atoms with E-state index in [1.54, 1.807) is 14.2 Å². The van der Waals surface area contributed by atoms with Crippen LogP contribution in [-0.4, -0.2) is 31.7 Å². The molecule has 3 rings (SSSR count). The number of aromatic nitrogens is 1. The first-order valence-corrected chi connectivity index (χ1v) is 9.27. The Balaban J connectivity index is 0.00000243. The van der Waals surface area contributed by atoms with Crippen molar-refractivity contribution in [3.63, 3.8) is 0 Å². The van der Waals surface area contributed by atoms with E-state index in [1.807, 2.05) is 29.5 Å². The zero-order valence-corrected chi connectivity index (χ0v) is 18.2. The number of anilines is 1. The molecule has 2 aromatic rings. The van der Waals surface area contributed by atoms with E-state index in [-0.39, 0.29) is 24.0 Å². The van der Waals surface area contributed by atoms with Crippen molar-refractivity contribution >= 4 is 47.0 Å². The summed E-state index contributed by atoms with van der Waals surface area (Å²) < 4.78 is 10.5. The molecule has 0 spiro atoms. The number of benzene rings is 1. The Kier molecular flexibility index (Phi) is 7.95. The van der Waals surface area contributed by atoms with Gasteiger partial charge < -0.3 is 20.5 Å². The van der Waals surface area contributed by atoms with Gasteiger partial charge in [-0.05, 0) is 37.8 Å². The third-order valence-corrected chi connectivity index (χ3v) is 5.37. The molecule has 0 aliphatic heterocycles. The van der Waals surface area contributed by atoms with Crippen LogP contribution in [-0.2, 0) is 19.3 Å². The number of aliphatic imine (C=N–C) groups is 1. The SMILES string of the molecule is COc1ccc(NC(N)=NCCc2nc3c(s2)CCCC3)cc1OC.I. The lowest BCUT2D eigenvalue weighted by Crippen LogP contribution is -2.23. The molecule has 0 saturated heterocycles. The number of ether oxygens (including phenoxy) is 2. The van der Waals surface area contributed by atoms with Crippen molar-refractivity contribution in [2.45, 2.75) is 32.1 Å². The zero-order valence-electron chi connectivity index (χ0n) is 15.1. The van der Waals surface area contributed by atoms with Gasteiger partial charge in [-0.1, -0.05) is 0 Å². The lowest BCUT2D eigenvalue weighted by atomic mass is 10.0. The maximum absolute atomic E-state index is 5.98. The Labute approximate surface area is 175 Å². The number of hydrogen-bond donors (Lipinski definition) is 2. The third-order valence-electron chi connectivity index (χ3n) is 4.15. The van der Waals surface area contributed by atoms with Gasteiger partial charge in [0.1, 0.15) is 0 Å². The van der Waals surface area contributed by atoms with E-state index in [9.17, 15) is 0 Å². The molecule has 1 aromatic carbocycles. The van der Waals surface area contributed by atoms with Gasteiger partial charge in [0.25, 0.3) is 0 Å². The van der Waals surface area contributed by atoms with Crippen LogP contribution in [0.25, 0.3) is 0 Å². The van der Waals surface area contributed by atoms with Crippen LogP contribution in [0.4, 0.5) is 5.69 Å². The van der Waals surface area contributed by atoms with Crippen molar-refractivity contribution in [1.82, 2.24) is 4.98 Å². The number of halogens is 1. The Morgan fingerprint density at radius 3 is 2.73 bits per heavy atom. The highest BCUT2D eigenvalue weighted by atomic mass is 127. The number of rotatable bonds is 6. The molecule has 0 radical (unpaired) electrons. The number of nitrogens with zero attached hydrogens (tertiary/aromatic N) is 2. The third kappa shape index (κ3) is 5.23. The first kappa shape index (κ1) is 20.8. The summed E-state index contributed by atoms with van der Waals surface area (Å²) in [5.41, 5.74) is 8.09. The Bertz CT molecular complexity index is 740. The smallest absolute Gasteiger partial charge is 0.193 e. The second kappa shape index (κ2) is 9.96. The fourth-order valence-corrected chi connectivity index (χ4v) is 4.03. The van der Waals surface area contributed by atoms with E-state index in [2.05, 4.69) is 10.3 Å². The largest absolute Gasteiger partial charge is 0.493 e. The minimum absolute atomic E-state index is 0. The molecule has 0 bridgehead atoms. The summed E-state index contributed by atoms with van der Waals surface area (Å²) in [4.78, 5) is 10.6. The molecule has 3 N–H and O–H groups in total. The second-order valence-corrected chi connectivity index (χ2v) is 7.06. The lowest BCUT2D eigenvalue weighted by molar-refractivity contribution is 0.355. The summed E-state index contributed by atoms with van der Waals surface area (Å²) >= 11 is 1.83. The van der Waals surface area contributed by atoms with Crippen LogP contribution in [0.5, 0.6) is 11.5 Å². The molecule has 1 heterocycles. The van der Waals surface area contributed by atoms with Crippen molar-refractivity contribution in [3.05, 3.63) is 33.8 Å². The maximum atomic E-state index is 5.98. The zero-order chi connectivity index (χ0) is 17.6. The highest BCUT2D eigenvalue weighted by molar-refractivity contribution is 14.0. The van der Waals surface area contributed by atoms with Gasteiger partial charge in [0.2, 0.25) is 0 Å². The van der Waals surface area contributed by atoms with Gasteiger partial charge >= 0.3 is 0 Å². The van der Waals surface area contributed by atoms with Gasteiger partial charge in [0.15, 0.2) is 17.5 Å². The fourth-order valence-electron chi connectivity index (χ4n) is 2.89. The molecular formula is C18H25IN4O2S. The first-order valence-electron chi connectivity index (χ1n) is 8.46. The lowest BCUT2D eigenvalue weighted by Gasteiger charge is -2.10. The van der Waals surface area contributed by atoms with Gasteiger partial charge in [-0.3, -0.25) is 4.99 Å². The van der Waals surface area contributed by atoms with Gasteiger partial charge in [0, 0.05) is 29.6 Å². The van der Waals surface area contributed by atoms with Gasteiger partial charge in [0.05, 0.1) is 24.9 Å². The summed E-state index contributed by atoms with van der Waals surface area (Å²) in [6.45, 7) is 0.624. The molecule has 1 aliphatic rings. The number of nitrogens with one attached hydrogen (secondary N) is 1. The van der Waals surface area contributed by atoms with E-state index in [4.69, 9.17) is 20.2 Å². The summed E-state index contributed by atoms with van der Waals surface area (Å²) in [7, 11) is 3.21. The van der Waals surface area contributed by atoms with E-state index < -0.39 is 0 Å². The molecule has 0 fully saturated rings. The van der Waals surface area contributed by atoms with Crippen LogP contribution in [0, 0.1) is 0 Å². The molecule has 0 saturated carbocycles. The van der Waals surface area contributed by atoms with E-state index in [0.717, 1.165) is 23.5 Å². The molecule has 6 nitrogen and oxygen atoms in total. The summed E-state index contributed by atoms with van der Waals surface area (Å²) in [5.74, 6) is 1.71. The number of nitrogens with two attached hydrogens (primary N) is 1. The average Bonchev–Trinajstić information content (AvgIpc) is 3.04. The van der Waals surface area contributed by atoms with E-state index in [1.165, 1.54) is 29.8 Å². The molecule has 142 valence electrons. The normalized spacial score (nSPS) is 13.5. The second-order valence-electron chi connectivity index (χ2n) is 5.90. The minimum atomic E-state index is 0. The summed E-state index contributed by atoms with van der Waals surface area (Å²) in [6, 6.07) is 5.53. The number of aryl methyl sites for hydroxylation is 2. The molecule has 1 aromatic heterocycles. The van der Waals surface area contributed by atoms with Crippen LogP contribution >= 0.6 is 35.3 Å². The van der Waals surface area contributed by atoms with Gasteiger partial charge in [-0.2, -0.15) is 0 Å². The molecule has 0 amide bonds. The number of methoxy groups -OCH3 is 2. The van der Waals surface area contributed by atoms with E-state index >= 15 is 0 Å². The van der Waals surface area contributed by atoms with Crippen molar-refractivity contribution in [2.24, 2.45) is 10.7 Å². The highest BCUT2D eigenvalue weighted by Gasteiger charge is 2.14. The number of thiazole rings is 1. The molecule has 0 atom stereocenters. The van der Waals surface area contributed by atoms with Gasteiger partial charge in [-0.15, -0.1) is 35.3 Å². The number of guanidine groups is 1. The molecule has 26 heavy (non-hydrogen) atoms.